The van der Waals surface area contributed by atoms with Gasteiger partial charge in [-0.2, -0.15) is 0 Å². The third-order valence-corrected chi connectivity index (χ3v) is 4.37. The van der Waals surface area contributed by atoms with E-state index in [9.17, 15) is 4.79 Å². The van der Waals surface area contributed by atoms with Crippen LogP contribution in [0.5, 0.6) is 11.5 Å². The summed E-state index contributed by atoms with van der Waals surface area (Å²) in [6.07, 6.45) is 3.31. The lowest BCUT2D eigenvalue weighted by atomic mass is 9.99. The summed E-state index contributed by atoms with van der Waals surface area (Å²) in [5.74, 6) is 2.16. The van der Waals surface area contributed by atoms with Gasteiger partial charge in [-0.1, -0.05) is 6.07 Å². The fourth-order valence-electron chi connectivity index (χ4n) is 2.90. The van der Waals surface area contributed by atoms with Crippen LogP contribution in [0.2, 0.25) is 0 Å². The normalized spacial score (nSPS) is 15.3. The molecule has 1 fully saturated rings. The summed E-state index contributed by atoms with van der Waals surface area (Å²) in [6.45, 7) is 2.46. The first-order chi connectivity index (χ1) is 11.1. The van der Waals surface area contributed by atoms with E-state index in [2.05, 4.69) is 0 Å². The molecule has 0 aromatic heterocycles. The summed E-state index contributed by atoms with van der Waals surface area (Å²) in [7, 11) is 5.13. The molecule has 128 valence electrons. The molecule has 1 aliphatic heterocycles. The van der Waals surface area contributed by atoms with Gasteiger partial charge in [0, 0.05) is 33.2 Å². The second kappa shape index (κ2) is 8.77. The van der Waals surface area contributed by atoms with Crippen molar-refractivity contribution in [3.8, 4) is 11.5 Å². The van der Waals surface area contributed by atoms with Crippen LogP contribution in [0.25, 0.3) is 0 Å². The molecule has 1 amide bonds. The highest BCUT2D eigenvalue weighted by Gasteiger charge is 2.18. The van der Waals surface area contributed by atoms with Crippen molar-refractivity contribution in [2.75, 3.05) is 41.0 Å². The standard InChI is InChI=1S/C18H27NO4/c1-19(13-15-8-10-23-11-9-15)18(20)7-5-14-4-6-16(21-2)17(12-14)22-3/h4,6,12,15H,5,7-11,13H2,1-3H3. The Labute approximate surface area is 138 Å². The van der Waals surface area contributed by atoms with Gasteiger partial charge in [-0.15, -0.1) is 0 Å². The maximum Gasteiger partial charge on any atom is 0.222 e. The van der Waals surface area contributed by atoms with E-state index in [4.69, 9.17) is 14.2 Å². The number of rotatable bonds is 7. The lowest BCUT2D eigenvalue weighted by Crippen LogP contribution is -2.34. The highest BCUT2D eigenvalue weighted by molar-refractivity contribution is 5.76. The Morgan fingerprint density at radius 1 is 1.22 bits per heavy atom. The van der Waals surface area contributed by atoms with Crippen LogP contribution in [-0.2, 0) is 16.0 Å². The maximum absolute atomic E-state index is 12.3. The van der Waals surface area contributed by atoms with Crippen molar-refractivity contribution in [1.82, 2.24) is 4.90 Å². The molecular weight excluding hydrogens is 294 g/mol. The number of amides is 1. The molecule has 0 unspecified atom stereocenters. The van der Waals surface area contributed by atoms with Crippen molar-refractivity contribution in [1.29, 1.82) is 0 Å². The average molecular weight is 321 g/mol. The van der Waals surface area contributed by atoms with Crippen LogP contribution in [-0.4, -0.2) is 51.8 Å². The van der Waals surface area contributed by atoms with E-state index in [1.54, 1.807) is 14.2 Å². The predicted octanol–water partition coefficient (Wildman–Crippen LogP) is 2.52. The zero-order valence-corrected chi connectivity index (χ0v) is 14.3. The van der Waals surface area contributed by atoms with Crippen molar-refractivity contribution in [3.63, 3.8) is 0 Å². The fraction of sp³-hybridized carbons (Fsp3) is 0.611. The molecule has 0 aliphatic carbocycles. The number of carbonyl (C=O) groups is 1. The topological polar surface area (TPSA) is 48.0 Å². The molecule has 0 atom stereocenters. The van der Waals surface area contributed by atoms with Gasteiger partial charge in [0.15, 0.2) is 11.5 Å². The minimum atomic E-state index is 0.186. The molecular formula is C18H27NO4. The largest absolute Gasteiger partial charge is 0.493 e. The van der Waals surface area contributed by atoms with Crippen molar-refractivity contribution in [2.24, 2.45) is 5.92 Å². The highest BCUT2D eigenvalue weighted by Crippen LogP contribution is 2.28. The van der Waals surface area contributed by atoms with Crippen LogP contribution in [0.1, 0.15) is 24.8 Å². The Morgan fingerprint density at radius 3 is 2.57 bits per heavy atom. The number of hydrogen-bond donors (Lipinski definition) is 0. The Bertz CT molecular complexity index is 512. The molecule has 1 aromatic rings. The van der Waals surface area contributed by atoms with Gasteiger partial charge in [-0.25, -0.2) is 0 Å². The van der Waals surface area contributed by atoms with E-state index in [1.807, 2.05) is 30.1 Å². The molecule has 2 rings (SSSR count). The second-order valence-electron chi connectivity index (χ2n) is 6.02. The fourth-order valence-corrected chi connectivity index (χ4v) is 2.90. The monoisotopic (exact) mass is 321 g/mol. The summed E-state index contributed by atoms with van der Waals surface area (Å²) in [4.78, 5) is 14.2. The smallest absolute Gasteiger partial charge is 0.222 e. The lowest BCUT2D eigenvalue weighted by molar-refractivity contribution is -0.130. The Morgan fingerprint density at radius 2 is 1.91 bits per heavy atom. The molecule has 0 saturated carbocycles. The zero-order chi connectivity index (χ0) is 16.7. The van der Waals surface area contributed by atoms with Crippen LogP contribution in [0.15, 0.2) is 18.2 Å². The van der Waals surface area contributed by atoms with Gasteiger partial charge in [-0.05, 0) is 42.9 Å². The predicted molar refractivity (Wildman–Crippen MR) is 89.0 cm³/mol. The summed E-state index contributed by atoms with van der Waals surface area (Å²) < 4.78 is 15.9. The van der Waals surface area contributed by atoms with Crippen LogP contribution in [0.4, 0.5) is 0 Å². The average Bonchev–Trinajstić information content (AvgIpc) is 2.60. The summed E-state index contributed by atoms with van der Waals surface area (Å²) in [5.41, 5.74) is 1.08. The third-order valence-electron chi connectivity index (χ3n) is 4.37. The van der Waals surface area contributed by atoms with Gasteiger partial charge in [0.1, 0.15) is 0 Å². The summed E-state index contributed by atoms with van der Waals surface area (Å²) in [5, 5.41) is 0. The van der Waals surface area contributed by atoms with Crippen LogP contribution in [0.3, 0.4) is 0 Å². The second-order valence-corrected chi connectivity index (χ2v) is 6.02. The minimum Gasteiger partial charge on any atom is -0.493 e. The van der Waals surface area contributed by atoms with Gasteiger partial charge in [0.2, 0.25) is 5.91 Å². The van der Waals surface area contributed by atoms with E-state index in [0.717, 1.165) is 38.2 Å². The van der Waals surface area contributed by atoms with E-state index in [1.165, 1.54) is 0 Å². The molecule has 0 spiro atoms. The molecule has 1 aromatic carbocycles. The van der Waals surface area contributed by atoms with Crippen molar-refractivity contribution in [3.05, 3.63) is 23.8 Å². The number of ether oxygens (including phenoxy) is 3. The number of benzene rings is 1. The zero-order valence-electron chi connectivity index (χ0n) is 14.3. The molecule has 0 radical (unpaired) electrons. The van der Waals surface area contributed by atoms with Gasteiger partial charge in [0.25, 0.3) is 0 Å². The minimum absolute atomic E-state index is 0.186. The third kappa shape index (κ3) is 5.13. The quantitative estimate of drug-likeness (QED) is 0.774. The van der Waals surface area contributed by atoms with E-state index >= 15 is 0 Å². The highest BCUT2D eigenvalue weighted by atomic mass is 16.5. The Balaban J connectivity index is 1.83. The summed E-state index contributed by atoms with van der Waals surface area (Å²) >= 11 is 0. The number of methoxy groups -OCH3 is 2. The van der Waals surface area contributed by atoms with Crippen LogP contribution < -0.4 is 9.47 Å². The van der Waals surface area contributed by atoms with E-state index < -0.39 is 0 Å². The van der Waals surface area contributed by atoms with Crippen LogP contribution in [0, 0.1) is 5.92 Å². The summed E-state index contributed by atoms with van der Waals surface area (Å²) in [6, 6.07) is 5.79. The molecule has 1 heterocycles. The SMILES string of the molecule is COc1ccc(CCC(=O)N(C)CC2CCOCC2)cc1OC. The van der Waals surface area contributed by atoms with E-state index in [-0.39, 0.29) is 5.91 Å². The lowest BCUT2D eigenvalue weighted by Gasteiger charge is -2.27. The molecule has 0 N–H and O–H groups in total. The molecule has 23 heavy (non-hydrogen) atoms. The van der Waals surface area contributed by atoms with Crippen molar-refractivity contribution in [2.45, 2.75) is 25.7 Å². The molecule has 0 bridgehead atoms. The van der Waals surface area contributed by atoms with Gasteiger partial charge < -0.3 is 19.1 Å². The van der Waals surface area contributed by atoms with Crippen LogP contribution >= 0.6 is 0 Å². The Hall–Kier alpha value is -1.75. The van der Waals surface area contributed by atoms with Gasteiger partial charge >= 0.3 is 0 Å². The van der Waals surface area contributed by atoms with Crippen molar-refractivity contribution >= 4 is 5.91 Å². The van der Waals surface area contributed by atoms with Gasteiger partial charge in [0.05, 0.1) is 14.2 Å². The van der Waals surface area contributed by atoms with Gasteiger partial charge in [-0.3, -0.25) is 4.79 Å². The number of hydrogen-bond acceptors (Lipinski definition) is 4. The number of carbonyl (C=O) groups excluding carboxylic acids is 1. The number of nitrogens with zero attached hydrogens (tertiary/aromatic N) is 1. The Kier molecular flexibility index (Phi) is 6.71. The molecule has 1 saturated heterocycles. The molecule has 5 nitrogen and oxygen atoms in total. The molecule has 5 heteroatoms. The maximum atomic E-state index is 12.3. The first-order valence-corrected chi connectivity index (χ1v) is 8.16. The van der Waals surface area contributed by atoms with E-state index in [0.29, 0.717) is 30.3 Å². The van der Waals surface area contributed by atoms with Crippen molar-refractivity contribution < 1.29 is 19.0 Å². The molecule has 1 aliphatic rings. The number of aryl methyl sites for hydroxylation is 1. The first kappa shape index (κ1) is 17.6. The first-order valence-electron chi connectivity index (χ1n) is 8.16.